The second-order valence-corrected chi connectivity index (χ2v) is 4.93. The molecule has 0 saturated carbocycles. The Morgan fingerprint density at radius 2 is 1.86 bits per heavy atom. The van der Waals surface area contributed by atoms with Gasteiger partial charge in [0.25, 0.3) is 0 Å². The Kier molecular flexibility index (Phi) is 4.14. The van der Waals surface area contributed by atoms with Gasteiger partial charge >= 0.3 is 0 Å². The molecule has 0 aliphatic carbocycles. The molecule has 0 amide bonds. The molecular weight excluding hydrogens is 281 g/mol. The van der Waals surface area contributed by atoms with Crippen molar-refractivity contribution in [2.45, 2.75) is 13.5 Å². The lowest BCUT2D eigenvalue weighted by molar-refractivity contribution is 0.563. The lowest BCUT2D eigenvalue weighted by Gasteiger charge is -2.20. The van der Waals surface area contributed by atoms with Gasteiger partial charge in [-0.1, -0.05) is 0 Å². The molecule has 2 aromatic heterocycles. The average molecular weight is 297 g/mol. The van der Waals surface area contributed by atoms with E-state index in [4.69, 9.17) is 4.42 Å². The second kappa shape index (κ2) is 6.39. The van der Waals surface area contributed by atoms with Crippen LogP contribution in [0.15, 0.2) is 59.4 Å². The van der Waals surface area contributed by atoms with Gasteiger partial charge in [-0.2, -0.15) is 0 Å². The summed E-state index contributed by atoms with van der Waals surface area (Å²) in [6.07, 6.45) is 3.38. The molecule has 0 bridgehead atoms. The minimum Gasteiger partial charge on any atom is -0.472 e. The summed E-state index contributed by atoms with van der Waals surface area (Å²) >= 11 is 0. The van der Waals surface area contributed by atoms with E-state index in [0.717, 1.165) is 35.7 Å². The molecule has 1 aromatic carbocycles. The van der Waals surface area contributed by atoms with Crippen LogP contribution in [0.5, 0.6) is 0 Å². The highest BCUT2D eigenvalue weighted by Gasteiger charge is 2.09. The standard InChI is InChI=1S/C17H16FN3O/c1-2-21(11-13-9-10-22-12-13)17-8-7-16(19-20-17)14-3-5-15(18)6-4-14/h3-10,12H,2,11H2,1H3. The van der Waals surface area contributed by atoms with Crippen molar-refractivity contribution >= 4 is 5.82 Å². The van der Waals surface area contributed by atoms with E-state index in [0.29, 0.717) is 0 Å². The first-order valence-corrected chi connectivity index (χ1v) is 7.12. The Bertz CT molecular complexity index is 709. The molecule has 3 aromatic rings. The molecule has 0 aliphatic heterocycles. The molecule has 0 radical (unpaired) electrons. The number of rotatable bonds is 5. The molecule has 0 saturated heterocycles. The van der Waals surface area contributed by atoms with Gasteiger partial charge in [0, 0.05) is 24.2 Å². The van der Waals surface area contributed by atoms with E-state index in [-0.39, 0.29) is 5.82 Å². The zero-order chi connectivity index (χ0) is 15.4. The number of halogens is 1. The number of anilines is 1. The molecule has 0 aliphatic rings. The van der Waals surface area contributed by atoms with Crippen LogP contribution in [0.3, 0.4) is 0 Å². The normalized spacial score (nSPS) is 10.6. The monoisotopic (exact) mass is 297 g/mol. The Morgan fingerprint density at radius 1 is 1.05 bits per heavy atom. The molecule has 0 fully saturated rings. The first-order valence-electron chi connectivity index (χ1n) is 7.12. The topological polar surface area (TPSA) is 42.2 Å². The van der Waals surface area contributed by atoms with Crippen molar-refractivity contribution in [1.82, 2.24) is 10.2 Å². The van der Waals surface area contributed by atoms with Crippen molar-refractivity contribution in [3.63, 3.8) is 0 Å². The largest absolute Gasteiger partial charge is 0.472 e. The predicted molar refractivity (Wildman–Crippen MR) is 82.9 cm³/mol. The molecule has 0 atom stereocenters. The molecule has 22 heavy (non-hydrogen) atoms. The van der Waals surface area contributed by atoms with Crippen molar-refractivity contribution < 1.29 is 8.81 Å². The van der Waals surface area contributed by atoms with Gasteiger partial charge in [-0.25, -0.2) is 4.39 Å². The Hall–Kier alpha value is -2.69. The maximum Gasteiger partial charge on any atom is 0.151 e. The lowest BCUT2D eigenvalue weighted by atomic mass is 10.1. The third-order valence-corrected chi connectivity index (χ3v) is 3.45. The van der Waals surface area contributed by atoms with Crippen LogP contribution < -0.4 is 4.90 Å². The summed E-state index contributed by atoms with van der Waals surface area (Å²) in [5, 5.41) is 8.52. The number of aromatic nitrogens is 2. The van der Waals surface area contributed by atoms with Gasteiger partial charge in [0.2, 0.25) is 0 Å². The first kappa shape index (κ1) is 14.3. The highest BCUT2D eigenvalue weighted by molar-refractivity contribution is 5.59. The summed E-state index contributed by atoms with van der Waals surface area (Å²) in [4.78, 5) is 2.10. The molecule has 0 spiro atoms. The predicted octanol–water partition coefficient (Wildman–Crippen LogP) is 3.90. The zero-order valence-corrected chi connectivity index (χ0v) is 12.2. The Morgan fingerprint density at radius 3 is 2.45 bits per heavy atom. The van der Waals surface area contributed by atoms with E-state index in [1.54, 1.807) is 24.7 Å². The molecular formula is C17H16FN3O. The first-order chi connectivity index (χ1) is 10.8. The number of furan rings is 1. The minimum absolute atomic E-state index is 0.259. The number of benzene rings is 1. The smallest absolute Gasteiger partial charge is 0.151 e. The van der Waals surface area contributed by atoms with Gasteiger partial charge in [0.15, 0.2) is 5.82 Å². The van der Waals surface area contributed by atoms with Crippen molar-refractivity contribution in [3.05, 3.63) is 66.4 Å². The molecule has 4 nitrogen and oxygen atoms in total. The van der Waals surface area contributed by atoms with Crippen LogP contribution in [0.2, 0.25) is 0 Å². The molecule has 0 unspecified atom stereocenters. The highest BCUT2D eigenvalue weighted by Crippen LogP contribution is 2.20. The average Bonchev–Trinajstić information content (AvgIpc) is 3.07. The molecule has 3 rings (SSSR count). The van der Waals surface area contributed by atoms with Gasteiger partial charge in [0.1, 0.15) is 5.82 Å². The summed E-state index contributed by atoms with van der Waals surface area (Å²) in [5.41, 5.74) is 2.66. The summed E-state index contributed by atoms with van der Waals surface area (Å²) in [7, 11) is 0. The molecule has 0 N–H and O–H groups in total. The highest BCUT2D eigenvalue weighted by atomic mass is 19.1. The van der Waals surface area contributed by atoms with Gasteiger partial charge in [-0.05, 0) is 49.4 Å². The van der Waals surface area contributed by atoms with E-state index in [9.17, 15) is 4.39 Å². The number of hydrogen-bond acceptors (Lipinski definition) is 4. The van der Waals surface area contributed by atoms with Crippen LogP contribution in [-0.2, 0) is 6.54 Å². The van der Waals surface area contributed by atoms with Crippen molar-refractivity contribution in [1.29, 1.82) is 0 Å². The van der Waals surface area contributed by atoms with Crippen molar-refractivity contribution in [3.8, 4) is 11.3 Å². The van der Waals surface area contributed by atoms with Gasteiger partial charge < -0.3 is 9.32 Å². The van der Waals surface area contributed by atoms with Gasteiger partial charge in [-0.3, -0.25) is 0 Å². The van der Waals surface area contributed by atoms with E-state index in [1.165, 1.54) is 12.1 Å². The minimum atomic E-state index is -0.259. The van der Waals surface area contributed by atoms with E-state index in [1.807, 2.05) is 18.2 Å². The third kappa shape index (κ3) is 3.14. The number of hydrogen-bond donors (Lipinski definition) is 0. The third-order valence-electron chi connectivity index (χ3n) is 3.45. The van der Waals surface area contributed by atoms with Crippen LogP contribution in [0.4, 0.5) is 10.2 Å². The van der Waals surface area contributed by atoms with E-state index >= 15 is 0 Å². The van der Waals surface area contributed by atoms with E-state index < -0.39 is 0 Å². The summed E-state index contributed by atoms with van der Waals surface area (Å²) < 4.78 is 18.0. The SMILES string of the molecule is CCN(Cc1ccoc1)c1ccc(-c2ccc(F)cc2)nn1. The molecule has 5 heteroatoms. The number of nitrogens with zero attached hydrogens (tertiary/aromatic N) is 3. The Balaban J connectivity index is 1.79. The summed E-state index contributed by atoms with van der Waals surface area (Å²) in [6, 6.07) is 12.0. The van der Waals surface area contributed by atoms with Crippen LogP contribution in [0, 0.1) is 5.82 Å². The maximum atomic E-state index is 12.9. The van der Waals surface area contributed by atoms with E-state index in [2.05, 4.69) is 22.0 Å². The molecule has 2 heterocycles. The summed E-state index contributed by atoms with van der Waals surface area (Å²) in [6.45, 7) is 3.60. The van der Waals surface area contributed by atoms with Crippen LogP contribution in [0.1, 0.15) is 12.5 Å². The maximum absolute atomic E-state index is 12.9. The van der Waals surface area contributed by atoms with Crippen LogP contribution in [-0.4, -0.2) is 16.7 Å². The lowest BCUT2D eigenvalue weighted by Crippen LogP contribution is -2.23. The molecule has 112 valence electrons. The van der Waals surface area contributed by atoms with Gasteiger partial charge in [-0.15, -0.1) is 10.2 Å². The van der Waals surface area contributed by atoms with Crippen molar-refractivity contribution in [2.24, 2.45) is 0 Å². The quantitative estimate of drug-likeness (QED) is 0.716. The fourth-order valence-electron chi connectivity index (χ4n) is 2.23. The van der Waals surface area contributed by atoms with Crippen LogP contribution >= 0.6 is 0 Å². The second-order valence-electron chi connectivity index (χ2n) is 4.93. The fraction of sp³-hybridized carbons (Fsp3) is 0.176. The van der Waals surface area contributed by atoms with Crippen molar-refractivity contribution in [2.75, 3.05) is 11.4 Å². The van der Waals surface area contributed by atoms with Gasteiger partial charge in [0.05, 0.1) is 18.2 Å². The fourth-order valence-corrected chi connectivity index (χ4v) is 2.23. The van der Waals surface area contributed by atoms with Crippen LogP contribution in [0.25, 0.3) is 11.3 Å². The summed E-state index contributed by atoms with van der Waals surface area (Å²) in [5.74, 6) is 0.542. The zero-order valence-electron chi connectivity index (χ0n) is 12.2. The Labute approximate surface area is 128 Å².